The largest absolute Gasteiger partial charge is 0.416 e. The summed E-state index contributed by atoms with van der Waals surface area (Å²) in [6.07, 6.45) is 6.90. The summed E-state index contributed by atoms with van der Waals surface area (Å²) in [5.74, 6) is 1.01. The number of amides is 1. The number of nitrogens with zero attached hydrogens (tertiary/aromatic N) is 2. The Morgan fingerprint density at radius 1 is 0.902 bits per heavy atom. The first-order valence-electron chi connectivity index (χ1n) is 17.2. The average Bonchev–Trinajstić information content (AvgIpc) is 3.12. The van der Waals surface area contributed by atoms with E-state index in [0.717, 1.165) is 71.1 Å². The van der Waals surface area contributed by atoms with Crippen LogP contribution in [0.15, 0.2) is 109 Å². The summed E-state index contributed by atoms with van der Waals surface area (Å²) < 4.78 is 67.9. The van der Waals surface area contributed by atoms with Crippen molar-refractivity contribution in [3.05, 3.63) is 143 Å². The third kappa shape index (κ3) is 9.35. The van der Waals surface area contributed by atoms with E-state index in [2.05, 4.69) is 19.4 Å². The van der Waals surface area contributed by atoms with E-state index in [1.165, 1.54) is 18.2 Å². The van der Waals surface area contributed by atoms with Crippen LogP contribution in [0, 0.1) is 29.9 Å². The Morgan fingerprint density at radius 3 is 2.25 bits per heavy atom. The van der Waals surface area contributed by atoms with Crippen LogP contribution in [0.1, 0.15) is 61.3 Å². The minimum absolute atomic E-state index is 0.0133. The van der Waals surface area contributed by atoms with Gasteiger partial charge in [-0.25, -0.2) is 8.78 Å². The number of aryl methyl sites for hydroxylation is 1. The molecule has 51 heavy (non-hydrogen) atoms. The molecule has 0 radical (unpaired) electrons. The summed E-state index contributed by atoms with van der Waals surface area (Å²) in [6.45, 7) is 7.15. The molecule has 5 rings (SSSR count). The molecule has 1 unspecified atom stereocenters. The molecule has 1 heterocycles. The van der Waals surface area contributed by atoms with Crippen LogP contribution in [-0.2, 0) is 23.9 Å². The molecule has 0 bridgehead atoms. The molecule has 1 aliphatic heterocycles. The number of carbonyl (C=O) groups is 1. The number of anilines is 1. The van der Waals surface area contributed by atoms with Gasteiger partial charge in [-0.05, 0) is 89.8 Å². The Morgan fingerprint density at radius 2 is 1.59 bits per heavy atom. The number of alkyl halides is 3. The number of carbonyl (C=O) groups excluding carboxylic acids is 1. The maximum absolute atomic E-state index is 14.6. The first-order chi connectivity index (χ1) is 24.5. The fourth-order valence-corrected chi connectivity index (χ4v) is 6.59. The molecule has 8 heteroatoms. The zero-order valence-electron chi connectivity index (χ0n) is 28.7. The van der Waals surface area contributed by atoms with Crippen molar-refractivity contribution in [3.8, 4) is 23.5 Å². The van der Waals surface area contributed by atoms with Gasteiger partial charge in [-0.2, -0.15) is 13.2 Å². The predicted octanol–water partition coefficient (Wildman–Crippen LogP) is 10.9. The zero-order chi connectivity index (χ0) is 36.5. The van der Waals surface area contributed by atoms with Gasteiger partial charge < -0.3 is 9.80 Å². The molecule has 1 atom stereocenters. The Bertz CT molecular complexity index is 1900. The van der Waals surface area contributed by atoms with Crippen LogP contribution in [0.5, 0.6) is 0 Å². The van der Waals surface area contributed by atoms with Crippen molar-refractivity contribution in [1.82, 2.24) is 4.90 Å². The van der Waals surface area contributed by atoms with Crippen molar-refractivity contribution < 1.29 is 26.7 Å². The quantitative estimate of drug-likeness (QED) is 0.0968. The first kappa shape index (κ1) is 37.1. The second-order valence-electron chi connectivity index (χ2n) is 12.9. The highest BCUT2D eigenvalue weighted by Crippen LogP contribution is 2.37. The Kier molecular flexibility index (Phi) is 12.1. The van der Waals surface area contributed by atoms with Crippen molar-refractivity contribution in [3.63, 3.8) is 0 Å². The number of terminal acetylenes is 1. The van der Waals surface area contributed by atoms with Crippen molar-refractivity contribution >= 4 is 17.2 Å². The number of allylic oxidation sites excluding steroid dienone is 3. The lowest BCUT2D eigenvalue weighted by molar-refractivity contribution is -0.137. The number of benzene rings is 4. The highest BCUT2D eigenvalue weighted by atomic mass is 19.4. The van der Waals surface area contributed by atoms with Crippen LogP contribution in [0.25, 0.3) is 16.7 Å². The topological polar surface area (TPSA) is 23.6 Å². The molecule has 3 nitrogen and oxygen atoms in total. The van der Waals surface area contributed by atoms with E-state index in [-0.39, 0.29) is 30.4 Å². The van der Waals surface area contributed by atoms with E-state index in [0.29, 0.717) is 31.5 Å². The van der Waals surface area contributed by atoms with Gasteiger partial charge in [-0.15, -0.1) is 12.3 Å². The van der Waals surface area contributed by atoms with E-state index in [1.54, 1.807) is 6.07 Å². The molecule has 264 valence electrons. The number of fused-ring (bicyclic) bond motifs is 1. The third-order valence-corrected chi connectivity index (χ3v) is 9.30. The van der Waals surface area contributed by atoms with Gasteiger partial charge in [0.2, 0.25) is 5.91 Å². The number of para-hydroxylation sites is 1. The summed E-state index contributed by atoms with van der Waals surface area (Å²) in [4.78, 5) is 18.2. The highest BCUT2D eigenvalue weighted by molar-refractivity contribution is 5.90. The van der Waals surface area contributed by atoms with Gasteiger partial charge in [0, 0.05) is 36.5 Å². The van der Waals surface area contributed by atoms with E-state index >= 15 is 0 Å². The van der Waals surface area contributed by atoms with Crippen molar-refractivity contribution in [2.45, 2.75) is 58.2 Å². The van der Waals surface area contributed by atoms with Gasteiger partial charge in [-0.3, -0.25) is 4.79 Å². The zero-order valence-corrected chi connectivity index (χ0v) is 28.7. The van der Waals surface area contributed by atoms with Gasteiger partial charge in [0.05, 0.1) is 5.56 Å². The fraction of sp³-hybridized carbons (Fsp3) is 0.279. The van der Waals surface area contributed by atoms with Gasteiger partial charge >= 0.3 is 6.18 Å². The fourth-order valence-electron chi connectivity index (χ4n) is 6.59. The number of hydrogen-bond donors (Lipinski definition) is 0. The number of hydrogen-bond acceptors (Lipinski definition) is 2. The van der Waals surface area contributed by atoms with E-state index in [1.807, 2.05) is 64.4 Å². The summed E-state index contributed by atoms with van der Waals surface area (Å²) in [6, 6.07) is 24.3. The maximum Gasteiger partial charge on any atom is 0.416 e. The normalized spacial score (nSPS) is 13.3. The van der Waals surface area contributed by atoms with Crippen molar-refractivity contribution in [2.24, 2.45) is 5.92 Å². The summed E-state index contributed by atoms with van der Waals surface area (Å²) >= 11 is 0. The smallest absolute Gasteiger partial charge is 0.337 e. The standard InChI is InChI=1S/C43H41F5N2O/c1-4-6-11-31(10-5-2)27-49(28-32-16-18-33(19-17-32)34-20-23-36(24-21-34)43(46,47)48)41(51)29-50-37(25-22-35-12-9-14-39(44)42(35)45)26-30(3)38-13-7-8-15-40(38)50/h1,7-9,12-21,23-24,26,31H,3,5-6,10-11,22,25,27-29H2,2H3. The molecule has 0 saturated heterocycles. The molecule has 1 aliphatic rings. The SMILES string of the molecule is C#CCCC(CCC)CN(Cc1ccc(-c2ccc(C(F)(F)F)cc2)cc1)C(=O)CN1C(CCc2cccc(F)c2F)=CC(=C)c2ccccc21. The number of halogens is 5. The molecule has 1 amide bonds. The molecular weight excluding hydrogens is 655 g/mol. The molecule has 0 saturated carbocycles. The van der Waals surface area contributed by atoms with Crippen molar-refractivity contribution in [2.75, 3.05) is 18.0 Å². The van der Waals surface area contributed by atoms with Crippen LogP contribution >= 0.6 is 0 Å². The molecule has 0 N–H and O–H groups in total. The van der Waals surface area contributed by atoms with E-state index in [9.17, 15) is 26.7 Å². The average molecular weight is 697 g/mol. The summed E-state index contributed by atoms with van der Waals surface area (Å²) in [7, 11) is 0. The molecule has 4 aromatic rings. The molecule has 0 aliphatic carbocycles. The molecular formula is C43H41F5N2O. The Labute approximate surface area is 297 Å². The monoisotopic (exact) mass is 696 g/mol. The lowest BCUT2D eigenvalue weighted by Crippen LogP contribution is -2.43. The minimum atomic E-state index is -4.41. The van der Waals surface area contributed by atoms with E-state index < -0.39 is 23.4 Å². The van der Waals surface area contributed by atoms with Crippen molar-refractivity contribution in [1.29, 1.82) is 0 Å². The van der Waals surface area contributed by atoms with E-state index in [4.69, 9.17) is 6.42 Å². The Hall–Kier alpha value is -5.16. The molecule has 0 aromatic heterocycles. The minimum Gasteiger partial charge on any atom is -0.337 e. The van der Waals surface area contributed by atoms with Gasteiger partial charge in [0.1, 0.15) is 6.54 Å². The summed E-state index contributed by atoms with van der Waals surface area (Å²) in [5.41, 5.74) is 5.07. The first-order valence-corrected chi connectivity index (χ1v) is 17.2. The molecule has 0 spiro atoms. The lowest BCUT2D eigenvalue weighted by Gasteiger charge is -2.36. The van der Waals surface area contributed by atoms with Crippen LogP contribution in [-0.4, -0.2) is 23.9 Å². The second-order valence-corrected chi connectivity index (χ2v) is 12.9. The second kappa shape index (κ2) is 16.7. The summed E-state index contributed by atoms with van der Waals surface area (Å²) in [5, 5.41) is 0. The third-order valence-electron chi connectivity index (χ3n) is 9.30. The maximum atomic E-state index is 14.6. The van der Waals surface area contributed by atoms with Gasteiger partial charge in [0.15, 0.2) is 11.6 Å². The van der Waals surface area contributed by atoms with Gasteiger partial charge in [-0.1, -0.05) is 86.7 Å². The predicted molar refractivity (Wildman–Crippen MR) is 194 cm³/mol. The molecule has 0 fully saturated rings. The van der Waals surface area contributed by atoms with Crippen LogP contribution in [0.3, 0.4) is 0 Å². The highest BCUT2D eigenvalue weighted by Gasteiger charge is 2.30. The van der Waals surface area contributed by atoms with Gasteiger partial charge in [0.25, 0.3) is 0 Å². The lowest BCUT2D eigenvalue weighted by atomic mass is 9.95. The van der Waals surface area contributed by atoms with Crippen LogP contribution in [0.2, 0.25) is 0 Å². The Balaban J connectivity index is 1.41. The van der Waals surface area contributed by atoms with Crippen LogP contribution in [0.4, 0.5) is 27.6 Å². The number of rotatable bonds is 14. The van der Waals surface area contributed by atoms with Crippen LogP contribution < -0.4 is 4.90 Å². The molecule has 4 aromatic carbocycles.